The molecule has 1 fully saturated rings. The standard InChI is InChI=1S/C15H26N2S/c1-5-11(2)14-10-17(9-8-16-14)13(4)15-7-6-12(3)18-15/h6-7,11,13-14,16H,5,8-10H2,1-4H3. The van der Waals surface area contributed by atoms with Crippen molar-refractivity contribution in [3.05, 3.63) is 21.9 Å². The van der Waals surface area contributed by atoms with E-state index in [9.17, 15) is 0 Å². The van der Waals surface area contributed by atoms with Crippen molar-refractivity contribution in [3.63, 3.8) is 0 Å². The van der Waals surface area contributed by atoms with Gasteiger partial charge in [-0.05, 0) is 31.9 Å². The number of rotatable bonds is 4. The predicted molar refractivity (Wildman–Crippen MR) is 80.3 cm³/mol. The fourth-order valence-corrected chi connectivity index (χ4v) is 3.64. The van der Waals surface area contributed by atoms with E-state index < -0.39 is 0 Å². The van der Waals surface area contributed by atoms with Gasteiger partial charge in [0.15, 0.2) is 0 Å². The second kappa shape index (κ2) is 6.18. The van der Waals surface area contributed by atoms with Gasteiger partial charge in [0.2, 0.25) is 0 Å². The van der Waals surface area contributed by atoms with Crippen LogP contribution in [0.2, 0.25) is 0 Å². The Kier molecular flexibility index (Phi) is 4.82. The van der Waals surface area contributed by atoms with Gasteiger partial charge in [-0.25, -0.2) is 0 Å². The minimum Gasteiger partial charge on any atom is -0.311 e. The molecule has 0 radical (unpaired) electrons. The second-order valence-electron chi connectivity index (χ2n) is 5.57. The monoisotopic (exact) mass is 266 g/mol. The normalized spacial score (nSPS) is 25.0. The molecule has 0 aromatic carbocycles. The first-order chi connectivity index (χ1) is 8.61. The highest BCUT2D eigenvalue weighted by Gasteiger charge is 2.26. The summed E-state index contributed by atoms with van der Waals surface area (Å²) in [7, 11) is 0. The summed E-state index contributed by atoms with van der Waals surface area (Å²) in [5.74, 6) is 0.769. The van der Waals surface area contributed by atoms with E-state index >= 15 is 0 Å². The molecule has 2 rings (SSSR count). The summed E-state index contributed by atoms with van der Waals surface area (Å²) in [5, 5.41) is 3.67. The summed E-state index contributed by atoms with van der Waals surface area (Å²) in [5.41, 5.74) is 0. The van der Waals surface area contributed by atoms with Gasteiger partial charge in [0.05, 0.1) is 0 Å². The molecule has 1 aromatic rings. The van der Waals surface area contributed by atoms with E-state index in [0.29, 0.717) is 12.1 Å². The number of hydrogen-bond acceptors (Lipinski definition) is 3. The summed E-state index contributed by atoms with van der Waals surface area (Å²) >= 11 is 1.94. The van der Waals surface area contributed by atoms with Crippen molar-refractivity contribution in [2.24, 2.45) is 5.92 Å². The topological polar surface area (TPSA) is 15.3 Å². The Morgan fingerprint density at radius 1 is 1.44 bits per heavy atom. The zero-order valence-corrected chi connectivity index (χ0v) is 12.9. The van der Waals surface area contributed by atoms with Crippen LogP contribution in [0.5, 0.6) is 0 Å². The molecule has 3 heteroatoms. The van der Waals surface area contributed by atoms with Crippen LogP contribution in [0.4, 0.5) is 0 Å². The molecule has 3 unspecified atom stereocenters. The molecule has 1 aliphatic rings. The maximum Gasteiger partial charge on any atom is 0.0414 e. The molecule has 2 nitrogen and oxygen atoms in total. The van der Waals surface area contributed by atoms with E-state index in [-0.39, 0.29) is 0 Å². The highest BCUT2D eigenvalue weighted by atomic mass is 32.1. The lowest BCUT2D eigenvalue weighted by Crippen LogP contribution is -2.53. The van der Waals surface area contributed by atoms with Gasteiger partial charge in [-0.2, -0.15) is 0 Å². The third kappa shape index (κ3) is 3.14. The Bertz CT molecular complexity index is 374. The molecule has 0 aliphatic carbocycles. The first-order valence-electron chi connectivity index (χ1n) is 7.15. The molecule has 102 valence electrons. The molecule has 0 saturated carbocycles. The minimum atomic E-state index is 0.567. The van der Waals surface area contributed by atoms with Crippen LogP contribution < -0.4 is 5.32 Å². The zero-order valence-electron chi connectivity index (χ0n) is 12.1. The maximum absolute atomic E-state index is 3.67. The molecule has 0 bridgehead atoms. The first-order valence-corrected chi connectivity index (χ1v) is 7.97. The van der Waals surface area contributed by atoms with E-state index in [1.54, 1.807) is 0 Å². The number of nitrogens with one attached hydrogen (secondary N) is 1. The van der Waals surface area contributed by atoms with Gasteiger partial charge in [-0.15, -0.1) is 11.3 Å². The van der Waals surface area contributed by atoms with Gasteiger partial charge in [0, 0.05) is 41.5 Å². The third-order valence-corrected chi connectivity index (χ3v) is 5.46. The van der Waals surface area contributed by atoms with Crippen LogP contribution in [-0.2, 0) is 0 Å². The fourth-order valence-electron chi connectivity index (χ4n) is 2.68. The Balaban J connectivity index is 2.00. The lowest BCUT2D eigenvalue weighted by atomic mass is 9.96. The van der Waals surface area contributed by atoms with Crippen LogP contribution in [0.25, 0.3) is 0 Å². The summed E-state index contributed by atoms with van der Waals surface area (Å²) < 4.78 is 0. The molecule has 0 amide bonds. The third-order valence-electron chi connectivity index (χ3n) is 4.29. The number of thiophene rings is 1. The second-order valence-corrected chi connectivity index (χ2v) is 6.88. The van der Waals surface area contributed by atoms with E-state index in [1.807, 2.05) is 11.3 Å². The van der Waals surface area contributed by atoms with Gasteiger partial charge in [-0.3, -0.25) is 4.90 Å². The summed E-state index contributed by atoms with van der Waals surface area (Å²) in [6.45, 7) is 12.7. The number of hydrogen-bond donors (Lipinski definition) is 1. The molecule has 18 heavy (non-hydrogen) atoms. The van der Waals surface area contributed by atoms with Gasteiger partial charge >= 0.3 is 0 Å². The number of aryl methyl sites for hydroxylation is 1. The Morgan fingerprint density at radius 2 is 2.22 bits per heavy atom. The zero-order chi connectivity index (χ0) is 13.1. The number of nitrogens with zero attached hydrogens (tertiary/aromatic N) is 1. The van der Waals surface area contributed by atoms with Crippen molar-refractivity contribution in [1.82, 2.24) is 10.2 Å². The van der Waals surface area contributed by atoms with Crippen molar-refractivity contribution in [1.29, 1.82) is 0 Å². The average Bonchev–Trinajstić information content (AvgIpc) is 2.83. The minimum absolute atomic E-state index is 0.567. The molecular formula is C15H26N2S. The lowest BCUT2D eigenvalue weighted by molar-refractivity contribution is 0.132. The quantitative estimate of drug-likeness (QED) is 0.898. The molecule has 2 heterocycles. The summed E-state index contributed by atoms with van der Waals surface area (Å²) in [6.07, 6.45) is 1.26. The molecule has 0 spiro atoms. The average molecular weight is 266 g/mol. The first kappa shape index (κ1) is 14.0. The van der Waals surface area contributed by atoms with E-state index in [4.69, 9.17) is 0 Å². The van der Waals surface area contributed by atoms with Crippen LogP contribution in [-0.4, -0.2) is 30.6 Å². The molecule has 1 aromatic heterocycles. The van der Waals surface area contributed by atoms with E-state index in [2.05, 4.69) is 50.0 Å². The van der Waals surface area contributed by atoms with Crippen molar-refractivity contribution >= 4 is 11.3 Å². The van der Waals surface area contributed by atoms with Crippen LogP contribution in [0.1, 0.15) is 43.0 Å². The van der Waals surface area contributed by atoms with Gasteiger partial charge < -0.3 is 5.32 Å². The molecule has 1 aliphatic heterocycles. The Morgan fingerprint density at radius 3 is 2.83 bits per heavy atom. The number of piperazine rings is 1. The molecule has 3 atom stereocenters. The van der Waals surface area contributed by atoms with Gasteiger partial charge in [0.1, 0.15) is 0 Å². The smallest absolute Gasteiger partial charge is 0.0414 e. The van der Waals surface area contributed by atoms with Crippen LogP contribution in [0, 0.1) is 12.8 Å². The van der Waals surface area contributed by atoms with Crippen molar-refractivity contribution in [3.8, 4) is 0 Å². The van der Waals surface area contributed by atoms with Gasteiger partial charge in [-0.1, -0.05) is 20.3 Å². The SMILES string of the molecule is CCC(C)C1CN(C(C)c2ccc(C)s2)CCN1. The van der Waals surface area contributed by atoms with Crippen LogP contribution in [0.15, 0.2) is 12.1 Å². The molecule has 1 saturated heterocycles. The lowest BCUT2D eigenvalue weighted by Gasteiger charge is -2.39. The maximum atomic E-state index is 3.67. The Labute approximate surface area is 115 Å². The predicted octanol–water partition coefficient (Wildman–Crippen LogP) is 3.44. The highest BCUT2D eigenvalue weighted by Crippen LogP contribution is 2.28. The van der Waals surface area contributed by atoms with E-state index in [0.717, 1.165) is 12.5 Å². The highest BCUT2D eigenvalue weighted by molar-refractivity contribution is 7.12. The van der Waals surface area contributed by atoms with Crippen LogP contribution in [0.3, 0.4) is 0 Å². The van der Waals surface area contributed by atoms with Crippen molar-refractivity contribution in [2.45, 2.75) is 46.2 Å². The van der Waals surface area contributed by atoms with Crippen molar-refractivity contribution in [2.75, 3.05) is 19.6 Å². The van der Waals surface area contributed by atoms with E-state index in [1.165, 1.54) is 29.3 Å². The van der Waals surface area contributed by atoms with Gasteiger partial charge in [0.25, 0.3) is 0 Å². The largest absolute Gasteiger partial charge is 0.311 e. The van der Waals surface area contributed by atoms with Crippen molar-refractivity contribution < 1.29 is 0 Å². The molecule has 1 N–H and O–H groups in total. The summed E-state index contributed by atoms with van der Waals surface area (Å²) in [4.78, 5) is 5.57. The van der Waals surface area contributed by atoms with Crippen LogP contribution >= 0.6 is 11.3 Å². The Hall–Kier alpha value is -0.380. The fraction of sp³-hybridized carbons (Fsp3) is 0.733. The summed E-state index contributed by atoms with van der Waals surface area (Å²) in [6, 6.07) is 5.76. The molecular weight excluding hydrogens is 240 g/mol.